The molecule has 0 spiro atoms. The van der Waals surface area contributed by atoms with Gasteiger partial charge >= 0.3 is 0 Å². The number of nitrogens with zero attached hydrogens (tertiary/aromatic N) is 2. The minimum Gasteiger partial charge on any atom is -0.296 e. The normalized spacial score (nSPS) is 11.5. The third kappa shape index (κ3) is 3.27. The topological polar surface area (TPSA) is 122 Å². The quantitative estimate of drug-likeness (QED) is 0.728. The lowest BCUT2D eigenvalue weighted by Gasteiger charge is -1.98. The molecule has 8 nitrogen and oxygen atoms in total. The summed E-state index contributed by atoms with van der Waals surface area (Å²) in [5.74, 6) is -0.524. The van der Waals surface area contributed by atoms with Crippen LogP contribution >= 0.6 is 11.3 Å². The van der Waals surface area contributed by atoms with Crippen LogP contribution in [0.3, 0.4) is 0 Å². The number of carbonyl (C=O) groups is 1. The van der Waals surface area contributed by atoms with Gasteiger partial charge in [-0.3, -0.25) is 14.9 Å². The van der Waals surface area contributed by atoms with Crippen molar-refractivity contribution in [1.29, 1.82) is 0 Å². The SMILES string of the molecule is CS(=O)(=O)c1ccc2nc(NC(=O)c3ccc(=O)[nH]n3)sc2c1. The standard InChI is InChI=1S/C13H10N4O4S2/c1-23(20,21)7-2-3-8-10(6-7)22-13(14-8)15-12(19)9-4-5-11(18)17-16-9/h2-6H,1H3,(H,17,18)(H,14,15,19). The third-order valence-corrected chi connectivity index (χ3v) is 4.96. The number of H-pyrrole nitrogens is 1. The number of amides is 1. The van der Waals surface area contributed by atoms with E-state index in [2.05, 4.69) is 20.5 Å². The van der Waals surface area contributed by atoms with Gasteiger partial charge in [0.2, 0.25) is 0 Å². The Hall–Kier alpha value is -2.59. The molecule has 2 N–H and O–H groups in total. The largest absolute Gasteiger partial charge is 0.296 e. The van der Waals surface area contributed by atoms with E-state index in [4.69, 9.17) is 0 Å². The van der Waals surface area contributed by atoms with Crippen LogP contribution in [0.15, 0.2) is 40.0 Å². The second kappa shape index (κ2) is 5.56. The molecule has 118 valence electrons. The lowest BCUT2D eigenvalue weighted by molar-refractivity contribution is 0.102. The monoisotopic (exact) mass is 350 g/mol. The Kier molecular flexibility index (Phi) is 3.70. The highest BCUT2D eigenvalue weighted by Gasteiger charge is 2.13. The van der Waals surface area contributed by atoms with Crippen molar-refractivity contribution >= 4 is 42.4 Å². The molecule has 0 saturated heterocycles. The smallest absolute Gasteiger partial charge is 0.277 e. The van der Waals surface area contributed by atoms with Crippen LogP contribution in [0, 0.1) is 0 Å². The van der Waals surface area contributed by atoms with Gasteiger partial charge in [0, 0.05) is 12.3 Å². The van der Waals surface area contributed by atoms with Crippen molar-refractivity contribution < 1.29 is 13.2 Å². The maximum absolute atomic E-state index is 12.0. The van der Waals surface area contributed by atoms with E-state index >= 15 is 0 Å². The molecule has 0 aliphatic carbocycles. The van der Waals surface area contributed by atoms with Gasteiger partial charge in [0.15, 0.2) is 15.0 Å². The van der Waals surface area contributed by atoms with Crippen molar-refractivity contribution in [1.82, 2.24) is 15.2 Å². The molecule has 10 heteroatoms. The molecule has 23 heavy (non-hydrogen) atoms. The molecule has 0 saturated carbocycles. The predicted molar refractivity (Wildman–Crippen MR) is 85.5 cm³/mol. The van der Waals surface area contributed by atoms with Crippen LogP contribution < -0.4 is 10.9 Å². The van der Waals surface area contributed by atoms with Gasteiger partial charge in [-0.1, -0.05) is 11.3 Å². The van der Waals surface area contributed by atoms with E-state index < -0.39 is 21.3 Å². The summed E-state index contributed by atoms with van der Waals surface area (Å²) in [6, 6.07) is 7.04. The fourth-order valence-electron chi connectivity index (χ4n) is 1.82. The molecule has 0 aliphatic rings. The number of fused-ring (bicyclic) bond motifs is 1. The Bertz CT molecular complexity index is 1050. The molecule has 2 heterocycles. The lowest BCUT2D eigenvalue weighted by Crippen LogP contribution is -2.17. The van der Waals surface area contributed by atoms with Crippen molar-refractivity contribution in [2.24, 2.45) is 0 Å². The van der Waals surface area contributed by atoms with Gasteiger partial charge in [-0.2, -0.15) is 5.10 Å². The number of aromatic amines is 1. The number of carbonyl (C=O) groups excluding carboxylic acids is 1. The van der Waals surface area contributed by atoms with E-state index in [0.29, 0.717) is 15.3 Å². The van der Waals surface area contributed by atoms with Gasteiger partial charge in [-0.15, -0.1) is 0 Å². The summed E-state index contributed by atoms with van der Waals surface area (Å²) < 4.78 is 23.7. The number of hydrogen-bond acceptors (Lipinski definition) is 7. The zero-order valence-electron chi connectivity index (χ0n) is 11.7. The van der Waals surface area contributed by atoms with E-state index in [1.165, 1.54) is 24.3 Å². The summed E-state index contributed by atoms with van der Waals surface area (Å²) in [6.45, 7) is 0. The molecule has 1 aromatic carbocycles. The number of rotatable bonds is 3. The second-order valence-electron chi connectivity index (χ2n) is 4.68. The molecule has 0 aliphatic heterocycles. The first kappa shape index (κ1) is 15.3. The van der Waals surface area contributed by atoms with Gasteiger partial charge in [0.05, 0.1) is 15.1 Å². The van der Waals surface area contributed by atoms with Crippen LogP contribution in [0.2, 0.25) is 0 Å². The van der Waals surface area contributed by atoms with Crippen molar-refractivity contribution in [2.75, 3.05) is 11.6 Å². The van der Waals surface area contributed by atoms with Crippen LogP contribution in [0.4, 0.5) is 5.13 Å². The van der Waals surface area contributed by atoms with E-state index in [9.17, 15) is 18.0 Å². The van der Waals surface area contributed by atoms with Crippen LogP contribution in [0.1, 0.15) is 10.5 Å². The van der Waals surface area contributed by atoms with Crippen LogP contribution in [-0.2, 0) is 9.84 Å². The minimum absolute atomic E-state index is 0.0423. The highest BCUT2D eigenvalue weighted by Crippen LogP contribution is 2.28. The molecule has 0 unspecified atom stereocenters. The zero-order chi connectivity index (χ0) is 16.6. The number of thiazole rings is 1. The maximum atomic E-state index is 12.0. The lowest BCUT2D eigenvalue weighted by atomic mass is 10.3. The number of benzene rings is 1. The molecule has 1 amide bonds. The Balaban J connectivity index is 1.90. The summed E-state index contributed by atoms with van der Waals surface area (Å²) in [5, 5.41) is 8.66. The highest BCUT2D eigenvalue weighted by molar-refractivity contribution is 7.90. The minimum atomic E-state index is -3.31. The molecule has 2 aromatic heterocycles. The van der Waals surface area contributed by atoms with Gasteiger partial charge in [0.25, 0.3) is 11.5 Å². The fraction of sp³-hybridized carbons (Fsp3) is 0.0769. The molecule has 0 radical (unpaired) electrons. The van der Waals surface area contributed by atoms with E-state index in [1.807, 2.05) is 0 Å². The number of aromatic nitrogens is 3. The molecular weight excluding hydrogens is 340 g/mol. The van der Waals surface area contributed by atoms with Gasteiger partial charge in [-0.25, -0.2) is 18.5 Å². The van der Waals surface area contributed by atoms with E-state index in [0.717, 1.165) is 17.6 Å². The molecule has 3 rings (SSSR count). The predicted octanol–water partition coefficient (Wildman–Crippen LogP) is 1.04. The first-order valence-electron chi connectivity index (χ1n) is 6.31. The van der Waals surface area contributed by atoms with Gasteiger partial charge < -0.3 is 0 Å². The zero-order valence-corrected chi connectivity index (χ0v) is 13.4. The summed E-state index contributed by atoms with van der Waals surface area (Å²) in [5.41, 5.74) is 0.211. The fourth-order valence-corrected chi connectivity index (χ4v) is 3.44. The highest BCUT2D eigenvalue weighted by atomic mass is 32.2. The number of nitrogens with one attached hydrogen (secondary N) is 2. The first-order valence-corrected chi connectivity index (χ1v) is 9.01. The Morgan fingerprint density at radius 1 is 1.26 bits per heavy atom. The van der Waals surface area contributed by atoms with E-state index in [-0.39, 0.29) is 10.6 Å². The Morgan fingerprint density at radius 2 is 2.04 bits per heavy atom. The number of anilines is 1. The summed E-state index contributed by atoms with van der Waals surface area (Å²) in [4.78, 5) is 27.3. The Labute approximate surface area is 134 Å². The van der Waals surface area contributed by atoms with Crippen molar-refractivity contribution in [3.05, 3.63) is 46.4 Å². The first-order chi connectivity index (χ1) is 10.8. The van der Waals surface area contributed by atoms with Crippen LogP contribution in [0.25, 0.3) is 10.2 Å². The number of hydrogen-bond donors (Lipinski definition) is 2. The maximum Gasteiger partial charge on any atom is 0.277 e. The van der Waals surface area contributed by atoms with E-state index in [1.54, 1.807) is 6.07 Å². The average Bonchev–Trinajstić information content (AvgIpc) is 2.88. The molecule has 0 fully saturated rings. The Morgan fingerprint density at radius 3 is 2.70 bits per heavy atom. The van der Waals surface area contributed by atoms with Gasteiger partial charge in [0.1, 0.15) is 5.69 Å². The van der Waals surface area contributed by atoms with Crippen LogP contribution in [-0.4, -0.2) is 35.8 Å². The van der Waals surface area contributed by atoms with Crippen molar-refractivity contribution in [2.45, 2.75) is 4.90 Å². The summed E-state index contributed by atoms with van der Waals surface area (Å²) in [6.07, 6.45) is 1.12. The van der Waals surface area contributed by atoms with Gasteiger partial charge in [-0.05, 0) is 24.3 Å². The van der Waals surface area contributed by atoms with Crippen molar-refractivity contribution in [3.63, 3.8) is 0 Å². The molecule has 3 aromatic rings. The third-order valence-electron chi connectivity index (χ3n) is 2.92. The molecule has 0 bridgehead atoms. The molecular formula is C13H10N4O4S2. The number of sulfone groups is 1. The van der Waals surface area contributed by atoms with Crippen molar-refractivity contribution in [3.8, 4) is 0 Å². The molecule has 0 atom stereocenters. The summed E-state index contributed by atoms with van der Waals surface area (Å²) >= 11 is 1.15. The van der Waals surface area contributed by atoms with Crippen LogP contribution in [0.5, 0.6) is 0 Å². The summed E-state index contributed by atoms with van der Waals surface area (Å²) in [7, 11) is -3.31. The average molecular weight is 350 g/mol. The second-order valence-corrected chi connectivity index (χ2v) is 7.73.